The van der Waals surface area contributed by atoms with Gasteiger partial charge in [0.25, 0.3) is 0 Å². The lowest BCUT2D eigenvalue weighted by atomic mass is 9.86. The van der Waals surface area contributed by atoms with Gasteiger partial charge in [0.05, 0.1) is 0 Å². The quantitative estimate of drug-likeness (QED) is 0.597. The number of ether oxygens (including phenoxy) is 1. The molecule has 1 heterocycles. The minimum Gasteiger partial charge on any atom is -0.462 e. The fourth-order valence-corrected chi connectivity index (χ4v) is 1.92. The number of alkyl halides is 1. The van der Waals surface area contributed by atoms with Gasteiger partial charge in [-0.15, -0.1) is 0 Å². The summed E-state index contributed by atoms with van der Waals surface area (Å²) in [5.74, 6) is -0.213. The number of halogens is 1. The summed E-state index contributed by atoms with van der Waals surface area (Å²) in [5, 5.41) is 0. The molecule has 0 aromatic rings. The number of hydrogen-bond donors (Lipinski definition) is 0. The van der Waals surface area contributed by atoms with Crippen molar-refractivity contribution in [3.8, 4) is 0 Å². The summed E-state index contributed by atoms with van der Waals surface area (Å²) in [7, 11) is 0. The van der Waals surface area contributed by atoms with Crippen molar-refractivity contribution in [1.82, 2.24) is 4.90 Å². The number of carbonyl (C=O) groups excluding carboxylic acids is 1. The molecule has 0 amide bonds. The van der Waals surface area contributed by atoms with E-state index in [0.717, 1.165) is 12.8 Å². The van der Waals surface area contributed by atoms with E-state index in [4.69, 9.17) is 4.74 Å². The molecule has 3 nitrogen and oxygen atoms in total. The molecule has 1 aliphatic carbocycles. The lowest BCUT2D eigenvalue weighted by Crippen LogP contribution is -2.59. The predicted octanol–water partition coefficient (Wildman–Crippen LogP) is 0.734. The molecule has 13 heavy (non-hydrogen) atoms. The number of carbonyl (C=O) groups is 1. The molecule has 0 aromatic carbocycles. The molecule has 0 radical (unpaired) electrons. The first-order chi connectivity index (χ1) is 6.15. The van der Waals surface area contributed by atoms with E-state index in [2.05, 4.69) is 4.90 Å². The predicted molar refractivity (Wildman–Crippen MR) is 45.0 cm³/mol. The van der Waals surface area contributed by atoms with Crippen LogP contribution in [0.2, 0.25) is 0 Å². The number of esters is 1. The van der Waals surface area contributed by atoms with Crippen molar-refractivity contribution in [2.45, 2.75) is 38.1 Å². The average Bonchev–Trinajstić information content (AvgIpc) is 1.90. The third-order valence-electron chi connectivity index (χ3n) is 2.78. The van der Waals surface area contributed by atoms with E-state index in [9.17, 15) is 9.18 Å². The van der Waals surface area contributed by atoms with Crippen LogP contribution in [0, 0.1) is 0 Å². The van der Waals surface area contributed by atoms with Crippen LogP contribution in [0.25, 0.3) is 0 Å². The highest BCUT2D eigenvalue weighted by atomic mass is 19.1. The van der Waals surface area contributed by atoms with Gasteiger partial charge in [-0.25, -0.2) is 4.39 Å². The lowest BCUT2D eigenvalue weighted by Gasteiger charge is -2.47. The smallest absolute Gasteiger partial charge is 0.302 e. The maximum Gasteiger partial charge on any atom is 0.302 e. The Hall–Kier alpha value is -0.640. The molecule has 1 saturated heterocycles. The second-order valence-electron chi connectivity index (χ2n) is 3.91. The van der Waals surface area contributed by atoms with Crippen LogP contribution in [-0.2, 0) is 9.53 Å². The van der Waals surface area contributed by atoms with Crippen LogP contribution in [0.1, 0.15) is 19.8 Å². The normalized spacial score (nSPS) is 34.9. The number of hydrogen-bond acceptors (Lipinski definition) is 3. The first-order valence-corrected chi connectivity index (χ1v) is 4.70. The van der Waals surface area contributed by atoms with Crippen molar-refractivity contribution >= 4 is 5.97 Å². The van der Waals surface area contributed by atoms with Crippen LogP contribution in [0.15, 0.2) is 0 Å². The monoisotopic (exact) mass is 187 g/mol. The molecule has 0 N–H and O–H groups in total. The van der Waals surface area contributed by atoms with Crippen LogP contribution >= 0.6 is 0 Å². The van der Waals surface area contributed by atoms with Crippen molar-refractivity contribution in [2.24, 2.45) is 0 Å². The van der Waals surface area contributed by atoms with Crippen LogP contribution < -0.4 is 0 Å². The molecule has 1 saturated carbocycles. The van der Waals surface area contributed by atoms with Gasteiger partial charge in [-0.1, -0.05) is 0 Å². The van der Waals surface area contributed by atoms with Crippen LogP contribution in [0.3, 0.4) is 0 Å². The van der Waals surface area contributed by atoms with E-state index in [1.54, 1.807) is 0 Å². The fourth-order valence-electron chi connectivity index (χ4n) is 1.92. The first-order valence-electron chi connectivity index (χ1n) is 4.70. The van der Waals surface area contributed by atoms with Gasteiger partial charge in [-0.3, -0.25) is 9.69 Å². The highest BCUT2D eigenvalue weighted by Gasteiger charge is 2.41. The molecule has 1 aliphatic heterocycles. The zero-order valence-corrected chi connectivity index (χ0v) is 7.70. The van der Waals surface area contributed by atoms with Gasteiger partial charge in [-0.05, 0) is 0 Å². The van der Waals surface area contributed by atoms with Crippen LogP contribution in [0.4, 0.5) is 4.39 Å². The molecule has 74 valence electrons. The Morgan fingerprint density at radius 1 is 1.46 bits per heavy atom. The molecule has 4 heteroatoms. The average molecular weight is 187 g/mol. The van der Waals surface area contributed by atoms with Crippen molar-refractivity contribution in [3.63, 3.8) is 0 Å². The Balaban J connectivity index is 1.64. The molecule has 2 rings (SSSR count). The Kier molecular flexibility index (Phi) is 2.24. The summed E-state index contributed by atoms with van der Waals surface area (Å²) in [6, 6.07) is 0.455. The highest BCUT2D eigenvalue weighted by molar-refractivity contribution is 5.66. The minimum atomic E-state index is -0.632. The van der Waals surface area contributed by atoms with Gasteiger partial charge < -0.3 is 4.74 Å². The van der Waals surface area contributed by atoms with Gasteiger partial charge in [0, 0.05) is 38.9 Å². The maximum atomic E-state index is 12.5. The van der Waals surface area contributed by atoms with Gasteiger partial charge in [0.1, 0.15) is 12.3 Å². The largest absolute Gasteiger partial charge is 0.462 e. The van der Waals surface area contributed by atoms with E-state index in [1.807, 2.05) is 0 Å². The molecule has 2 aliphatic rings. The molecular formula is C9H14FNO2. The van der Waals surface area contributed by atoms with Gasteiger partial charge >= 0.3 is 5.97 Å². The summed E-state index contributed by atoms with van der Waals surface area (Å²) in [5.41, 5.74) is 0. The number of nitrogens with zero attached hydrogens (tertiary/aromatic N) is 1. The molecule has 2 fully saturated rings. The van der Waals surface area contributed by atoms with Crippen molar-refractivity contribution in [3.05, 3.63) is 0 Å². The van der Waals surface area contributed by atoms with Gasteiger partial charge in [-0.2, -0.15) is 0 Å². The Morgan fingerprint density at radius 3 is 2.54 bits per heavy atom. The summed E-state index contributed by atoms with van der Waals surface area (Å²) >= 11 is 0. The fraction of sp³-hybridized carbons (Fsp3) is 0.889. The van der Waals surface area contributed by atoms with Gasteiger partial charge in [0.15, 0.2) is 0 Å². The SMILES string of the molecule is CC(=O)OC1CC(N2CC(F)C2)C1. The summed E-state index contributed by atoms with van der Waals surface area (Å²) in [6.07, 6.45) is 1.22. The standard InChI is InChI=1S/C9H14FNO2/c1-6(12)13-9-2-8(3-9)11-4-7(10)5-11/h7-9H,2-5H2,1H3. The van der Waals surface area contributed by atoms with Gasteiger partial charge in [0.2, 0.25) is 0 Å². The van der Waals surface area contributed by atoms with E-state index in [0.29, 0.717) is 19.1 Å². The molecule has 0 unspecified atom stereocenters. The minimum absolute atomic E-state index is 0.0844. The van der Waals surface area contributed by atoms with Crippen molar-refractivity contribution in [1.29, 1.82) is 0 Å². The zero-order chi connectivity index (χ0) is 9.42. The lowest BCUT2D eigenvalue weighted by molar-refractivity contribution is -0.156. The molecule has 0 atom stereocenters. The van der Waals surface area contributed by atoms with E-state index in [1.165, 1.54) is 6.92 Å². The summed E-state index contributed by atoms with van der Waals surface area (Å²) in [6.45, 7) is 2.56. The zero-order valence-electron chi connectivity index (χ0n) is 7.70. The van der Waals surface area contributed by atoms with Crippen LogP contribution in [-0.4, -0.2) is 42.3 Å². The first kappa shape index (κ1) is 8.94. The van der Waals surface area contributed by atoms with E-state index in [-0.39, 0.29) is 12.1 Å². The Labute approximate surface area is 76.8 Å². The summed E-state index contributed by atoms with van der Waals surface area (Å²) in [4.78, 5) is 12.7. The van der Waals surface area contributed by atoms with Crippen molar-refractivity contribution < 1.29 is 13.9 Å². The topological polar surface area (TPSA) is 29.5 Å². The third-order valence-corrected chi connectivity index (χ3v) is 2.78. The Bertz CT molecular complexity index is 210. The highest BCUT2D eigenvalue weighted by Crippen LogP contribution is 2.31. The molecule has 0 bridgehead atoms. The van der Waals surface area contributed by atoms with Crippen molar-refractivity contribution in [2.75, 3.05) is 13.1 Å². The third kappa shape index (κ3) is 1.82. The van der Waals surface area contributed by atoms with Crippen LogP contribution in [0.5, 0.6) is 0 Å². The second-order valence-corrected chi connectivity index (χ2v) is 3.91. The number of rotatable bonds is 2. The maximum absolute atomic E-state index is 12.5. The molecular weight excluding hydrogens is 173 g/mol. The summed E-state index contributed by atoms with van der Waals surface area (Å²) < 4.78 is 17.5. The van der Waals surface area contributed by atoms with E-state index < -0.39 is 6.17 Å². The number of likely N-dealkylation sites (tertiary alicyclic amines) is 1. The molecule has 0 spiro atoms. The van der Waals surface area contributed by atoms with E-state index >= 15 is 0 Å². The second kappa shape index (κ2) is 3.25. The molecule has 0 aromatic heterocycles. The Morgan fingerprint density at radius 2 is 2.08 bits per heavy atom.